The summed E-state index contributed by atoms with van der Waals surface area (Å²) in [5, 5.41) is 3.12. The number of rotatable bonds is 6. The lowest BCUT2D eigenvalue weighted by molar-refractivity contribution is 0.0702. The molecule has 1 fully saturated rings. The summed E-state index contributed by atoms with van der Waals surface area (Å²) in [6, 6.07) is 8.59. The third-order valence-corrected chi connectivity index (χ3v) is 6.23. The van der Waals surface area contributed by atoms with E-state index in [2.05, 4.69) is 15.3 Å². The minimum Gasteiger partial charge on any atom is -0.497 e. The van der Waals surface area contributed by atoms with E-state index in [1.165, 1.54) is 6.33 Å². The van der Waals surface area contributed by atoms with E-state index in [0.717, 1.165) is 5.69 Å². The highest BCUT2D eigenvalue weighted by molar-refractivity contribution is 7.91. The molecule has 27 heavy (non-hydrogen) atoms. The molecule has 0 spiro atoms. The molecule has 1 aromatic heterocycles. The van der Waals surface area contributed by atoms with Gasteiger partial charge in [0.1, 0.15) is 23.6 Å². The summed E-state index contributed by atoms with van der Waals surface area (Å²) in [4.78, 5) is 22.7. The topological polar surface area (TPSA) is 101 Å². The van der Waals surface area contributed by atoms with Gasteiger partial charge >= 0.3 is 0 Å². The summed E-state index contributed by atoms with van der Waals surface area (Å²) >= 11 is 0. The number of hydrogen-bond acceptors (Lipinski definition) is 7. The standard InChI is InChI=1S/C18H22N4O4S/c1-3-22(14-7-8-27(24,25)11-14)18(23)16-10-17(20-12-19-16)21-13-5-4-6-15(9-13)26-2/h4-6,9-10,12,14H,3,7-8,11H2,1-2H3,(H,19,20,21). The molecule has 1 aromatic carbocycles. The molecule has 8 nitrogen and oxygen atoms in total. The Morgan fingerprint density at radius 3 is 2.81 bits per heavy atom. The second-order valence-corrected chi connectivity index (χ2v) is 8.52. The Labute approximate surface area is 158 Å². The third kappa shape index (κ3) is 4.54. The Bertz CT molecular complexity index is 932. The van der Waals surface area contributed by atoms with Gasteiger partial charge in [0.2, 0.25) is 0 Å². The molecule has 1 aliphatic rings. The maximum atomic E-state index is 12.9. The van der Waals surface area contributed by atoms with Crippen LogP contribution >= 0.6 is 0 Å². The molecule has 1 amide bonds. The van der Waals surface area contributed by atoms with E-state index in [-0.39, 0.29) is 29.1 Å². The van der Waals surface area contributed by atoms with Crippen molar-refractivity contribution in [2.24, 2.45) is 0 Å². The van der Waals surface area contributed by atoms with Crippen LogP contribution in [0.1, 0.15) is 23.8 Å². The molecular formula is C18H22N4O4S. The van der Waals surface area contributed by atoms with Crippen LogP contribution in [0, 0.1) is 0 Å². The van der Waals surface area contributed by atoms with Crippen LogP contribution in [0.2, 0.25) is 0 Å². The fourth-order valence-electron chi connectivity index (χ4n) is 3.13. The largest absolute Gasteiger partial charge is 0.497 e. The molecule has 3 rings (SSSR count). The fraction of sp³-hybridized carbons (Fsp3) is 0.389. The molecule has 0 saturated carbocycles. The van der Waals surface area contributed by atoms with Crippen LogP contribution in [-0.4, -0.2) is 60.4 Å². The van der Waals surface area contributed by atoms with Crippen molar-refractivity contribution < 1.29 is 17.9 Å². The third-order valence-electron chi connectivity index (χ3n) is 4.48. The Kier molecular flexibility index (Phi) is 5.59. The Hall–Kier alpha value is -2.68. The highest BCUT2D eigenvalue weighted by Crippen LogP contribution is 2.22. The molecule has 0 aliphatic carbocycles. The van der Waals surface area contributed by atoms with Crippen LogP contribution in [0.15, 0.2) is 36.7 Å². The molecule has 9 heteroatoms. The predicted octanol–water partition coefficient (Wildman–Crippen LogP) is 1.88. The fourth-order valence-corrected chi connectivity index (χ4v) is 4.86. The van der Waals surface area contributed by atoms with E-state index in [0.29, 0.717) is 24.5 Å². The summed E-state index contributed by atoms with van der Waals surface area (Å²) < 4.78 is 28.7. The second-order valence-electron chi connectivity index (χ2n) is 6.29. The first-order valence-electron chi connectivity index (χ1n) is 8.66. The molecular weight excluding hydrogens is 368 g/mol. The Morgan fingerprint density at radius 1 is 1.33 bits per heavy atom. The first-order chi connectivity index (χ1) is 12.9. The average Bonchev–Trinajstić information content (AvgIpc) is 3.02. The van der Waals surface area contributed by atoms with Crippen LogP contribution in [0.25, 0.3) is 0 Å². The maximum absolute atomic E-state index is 12.9. The van der Waals surface area contributed by atoms with Gasteiger partial charge in [-0.2, -0.15) is 0 Å². The van der Waals surface area contributed by atoms with Crippen LogP contribution in [0.5, 0.6) is 5.75 Å². The van der Waals surface area contributed by atoms with Gasteiger partial charge in [-0.3, -0.25) is 4.79 Å². The number of carbonyl (C=O) groups is 1. The van der Waals surface area contributed by atoms with Gasteiger partial charge in [0.05, 0.1) is 18.6 Å². The van der Waals surface area contributed by atoms with Gasteiger partial charge in [0.25, 0.3) is 5.91 Å². The molecule has 0 bridgehead atoms. The van der Waals surface area contributed by atoms with Crippen molar-refractivity contribution in [3.05, 3.63) is 42.4 Å². The first kappa shape index (κ1) is 19.1. The number of amides is 1. The molecule has 1 unspecified atom stereocenters. The Morgan fingerprint density at radius 2 is 2.15 bits per heavy atom. The van der Waals surface area contributed by atoms with Gasteiger partial charge in [0.15, 0.2) is 9.84 Å². The number of nitrogens with one attached hydrogen (secondary N) is 1. The number of anilines is 2. The Balaban J connectivity index is 1.78. The van der Waals surface area contributed by atoms with Crippen LogP contribution < -0.4 is 10.1 Å². The van der Waals surface area contributed by atoms with Gasteiger partial charge in [-0.1, -0.05) is 6.07 Å². The summed E-state index contributed by atoms with van der Waals surface area (Å²) in [7, 11) is -1.49. The van der Waals surface area contributed by atoms with E-state index in [4.69, 9.17) is 4.74 Å². The van der Waals surface area contributed by atoms with Gasteiger partial charge < -0.3 is 15.0 Å². The number of aromatic nitrogens is 2. The van der Waals surface area contributed by atoms with E-state index in [1.54, 1.807) is 18.1 Å². The summed E-state index contributed by atoms with van der Waals surface area (Å²) in [5.74, 6) is 0.998. The van der Waals surface area contributed by atoms with E-state index in [9.17, 15) is 13.2 Å². The number of carbonyl (C=O) groups excluding carboxylic acids is 1. The second kappa shape index (κ2) is 7.91. The lowest BCUT2D eigenvalue weighted by atomic mass is 10.2. The van der Waals surface area contributed by atoms with Crippen molar-refractivity contribution in [1.82, 2.24) is 14.9 Å². The van der Waals surface area contributed by atoms with Crippen LogP contribution in [-0.2, 0) is 9.84 Å². The van der Waals surface area contributed by atoms with Gasteiger partial charge in [0, 0.05) is 30.4 Å². The van der Waals surface area contributed by atoms with Crippen molar-refractivity contribution >= 4 is 27.2 Å². The zero-order chi connectivity index (χ0) is 19.4. The summed E-state index contributed by atoms with van der Waals surface area (Å²) in [6.45, 7) is 2.25. The quantitative estimate of drug-likeness (QED) is 0.803. The molecule has 144 valence electrons. The maximum Gasteiger partial charge on any atom is 0.272 e. The smallest absolute Gasteiger partial charge is 0.272 e. The molecule has 1 atom stereocenters. The van der Waals surface area contributed by atoms with Crippen LogP contribution in [0.4, 0.5) is 11.5 Å². The molecule has 1 N–H and O–H groups in total. The number of hydrogen-bond donors (Lipinski definition) is 1. The number of benzene rings is 1. The van der Waals surface area contributed by atoms with Crippen molar-refractivity contribution in [3.63, 3.8) is 0 Å². The monoisotopic (exact) mass is 390 g/mol. The molecule has 2 heterocycles. The molecule has 0 radical (unpaired) electrons. The molecule has 2 aromatic rings. The summed E-state index contributed by atoms with van der Waals surface area (Å²) in [5.41, 5.74) is 0.988. The number of ether oxygens (including phenoxy) is 1. The van der Waals surface area contributed by atoms with Crippen LogP contribution in [0.3, 0.4) is 0 Å². The highest BCUT2D eigenvalue weighted by Gasteiger charge is 2.34. The number of sulfone groups is 1. The van der Waals surface area contributed by atoms with Crippen molar-refractivity contribution in [3.8, 4) is 5.75 Å². The SMILES string of the molecule is CCN(C(=O)c1cc(Nc2cccc(OC)c2)ncn1)C1CCS(=O)(=O)C1. The van der Waals surface area contributed by atoms with E-state index in [1.807, 2.05) is 31.2 Å². The minimum atomic E-state index is -3.07. The first-order valence-corrected chi connectivity index (χ1v) is 10.5. The average molecular weight is 390 g/mol. The lowest BCUT2D eigenvalue weighted by Crippen LogP contribution is -2.41. The molecule has 1 saturated heterocycles. The van der Waals surface area contributed by atoms with E-state index >= 15 is 0 Å². The number of methoxy groups -OCH3 is 1. The highest BCUT2D eigenvalue weighted by atomic mass is 32.2. The van der Waals surface area contributed by atoms with Gasteiger partial charge in [-0.25, -0.2) is 18.4 Å². The molecule has 1 aliphatic heterocycles. The minimum absolute atomic E-state index is 0.00653. The number of nitrogens with zero attached hydrogens (tertiary/aromatic N) is 3. The van der Waals surface area contributed by atoms with Crippen molar-refractivity contribution in [2.45, 2.75) is 19.4 Å². The van der Waals surface area contributed by atoms with Gasteiger partial charge in [-0.15, -0.1) is 0 Å². The zero-order valence-electron chi connectivity index (χ0n) is 15.3. The van der Waals surface area contributed by atoms with Crippen molar-refractivity contribution in [2.75, 3.05) is 30.5 Å². The normalized spacial score (nSPS) is 18.1. The van der Waals surface area contributed by atoms with E-state index < -0.39 is 9.84 Å². The predicted molar refractivity (Wildman–Crippen MR) is 102 cm³/mol. The van der Waals surface area contributed by atoms with Crippen molar-refractivity contribution in [1.29, 1.82) is 0 Å². The lowest BCUT2D eigenvalue weighted by Gasteiger charge is -2.26. The zero-order valence-corrected chi connectivity index (χ0v) is 16.1. The summed E-state index contributed by atoms with van der Waals surface area (Å²) in [6.07, 6.45) is 1.77. The van der Waals surface area contributed by atoms with Gasteiger partial charge in [-0.05, 0) is 25.5 Å².